The lowest BCUT2D eigenvalue weighted by atomic mass is 9.92. The van der Waals surface area contributed by atoms with Gasteiger partial charge in [0.25, 0.3) is 0 Å². The van der Waals surface area contributed by atoms with Gasteiger partial charge in [-0.2, -0.15) is 0 Å². The van der Waals surface area contributed by atoms with Crippen LogP contribution < -0.4 is 0 Å². The first-order valence-electron chi connectivity index (χ1n) is 3.12. The minimum Gasteiger partial charge on any atom is -0.348 e. The maximum Gasteiger partial charge on any atom is 0.131 e. The molecule has 3 nitrogen and oxygen atoms in total. The molecule has 0 unspecified atom stereocenters. The lowest BCUT2D eigenvalue weighted by Crippen LogP contribution is -2.18. The quantitative estimate of drug-likeness (QED) is 0.617. The molecule has 0 saturated carbocycles. The van der Waals surface area contributed by atoms with E-state index in [1.165, 1.54) is 0 Å². The molecule has 10 heavy (non-hydrogen) atoms. The summed E-state index contributed by atoms with van der Waals surface area (Å²) in [4.78, 5) is 17.2. The largest absolute Gasteiger partial charge is 0.348 e. The Morgan fingerprint density at radius 3 is 2.80 bits per heavy atom. The third-order valence-electron chi connectivity index (χ3n) is 1.49. The van der Waals surface area contributed by atoms with E-state index < -0.39 is 5.41 Å². The first kappa shape index (κ1) is 6.99. The maximum atomic E-state index is 10.5. The summed E-state index contributed by atoms with van der Waals surface area (Å²) < 4.78 is 0. The van der Waals surface area contributed by atoms with Crippen LogP contribution in [0.15, 0.2) is 12.5 Å². The summed E-state index contributed by atoms with van der Waals surface area (Å²) in [6.45, 7) is 3.68. The lowest BCUT2D eigenvalue weighted by Gasteiger charge is -2.12. The zero-order chi connectivity index (χ0) is 7.61. The van der Waals surface area contributed by atoms with Crippen molar-refractivity contribution in [1.82, 2.24) is 9.97 Å². The average molecular weight is 138 g/mol. The second-order valence-corrected chi connectivity index (χ2v) is 2.80. The Hall–Kier alpha value is -1.12. The third kappa shape index (κ3) is 1.07. The number of hydrogen-bond acceptors (Lipinski definition) is 2. The highest BCUT2D eigenvalue weighted by atomic mass is 16.1. The molecule has 0 amide bonds. The Labute approximate surface area is 59.5 Å². The molecule has 1 aromatic heterocycles. The molecule has 0 aliphatic rings. The van der Waals surface area contributed by atoms with Crippen molar-refractivity contribution in [3.05, 3.63) is 18.2 Å². The van der Waals surface area contributed by atoms with Crippen molar-refractivity contribution >= 4 is 6.29 Å². The van der Waals surface area contributed by atoms with Crippen LogP contribution in [0.25, 0.3) is 0 Å². The first-order chi connectivity index (χ1) is 4.67. The van der Waals surface area contributed by atoms with E-state index in [4.69, 9.17) is 0 Å². The van der Waals surface area contributed by atoms with Gasteiger partial charge in [-0.25, -0.2) is 4.98 Å². The molecule has 0 bridgehead atoms. The minimum atomic E-state index is -0.434. The zero-order valence-electron chi connectivity index (χ0n) is 6.09. The van der Waals surface area contributed by atoms with Crippen molar-refractivity contribution in [3.63, 3.8) is 0 Å². The number of carbonyl (C=O) groups excluding carboxylic acids is 1. The van der Waals surface area contributed by atoms with Crippen LogP contribution in [0, 0.1) is 0 Å². The predicted octanol–water partition coefficient (Wildman–Crippen LogP) is 0.886. The van der Waals surface area contributed by atoms with E-state index in [9.17, 15) is 4.79 Å². The molecule has 0 atom stereocenters. The van der Waals surface area contributed by atoms with E-state index in [1.807, 2.05) is 13.8 Å². The predicted molar refractivity (Wildman–Crippen MR) is 37.7 cm³/mol. The Bertz CT molecular complexity index is 214. The van der Waals surface area contributed by atoms with Gasteiger partial charge in [-0.15, -0.1) is 0 Å². The van der Waals surface area contributed by atoms with Crippen molar-refractivity contribution in [2.75, 3.05) is 0 Å². The number of rotatable bonds is 2. The van der Waals surface area contributed by atoms with Crippen LogP contribution in [0.3, 0.4) is 0 Å². The van der Waals surface area contributed by atoms with Gasteiger partial charge in [0.2, 0.25) is 0 Å². The molecule has 1 rings (SSSR count). The Kier molecular flexibility index (Phi) is 1.57. The SMILES string of the molecule is CC(C)(C=O)c1cnc[nH]1. The number of carbonyl (C=O) groups is 1. The molecule has 1 aromatic rings. The Morgan fingerprint density at radius 1 is 1.70 bits per heavy atom. The number of hydrogen-bond donors (Lipinski definition) is 1. The molecule has 3 heteroatoms. The zero-order valence-corrected chi connectivity index (χ0v) is 6.09. The van der Waals surface area contributed by atoms with Crippen molar-refractivity contribution in [3.8, 4) is 0 Å². The summed E-state index contributed by atoms with van der Waals surface area (Å²) >= 11 is 0. The summed E-state index contributed by atoms with van der Waals surface area (Å²) in [7, 11) is 0. The van der Waals surface area contributed by atoms with Gasteiger partial charge in [-0.1, -0.05) is 0 Å². The number of imidazole rings is 1. The van der Waals surface area contributed by atoms with Gasteiger partial charge < -0.3 is 9.78 Å². The van der Waals surface area contributed by atoms with Gasteiger partial charge in [0.05, 0.1) is 11.7 Å². The third-order valence-corrected chi connectivity index (χ3v) is 1.49. The number of H-pyrrole nitrogens is 1. The van der Waals surface area contributed by atoms with E-state index in [2.05, 4.69) is 9.97 Å². The molecular weight excluding hydrogens is 128 g/mol. The molecule has 0 fully saturated rings. The van der Waals surface area contributed by atoms with Gasteiger partial charge in [-0.3, -0.25) is 0 Å². The molecule has 1 N–H and O–H groups in total. The smallest absolute Gasteiger partial charge is 0.131 e. The van der Waals surface area contributed by atoms with Crippen LogP contribution in [0.4, 0.5) is 0 Å². The summed E-state index contributed by atoms with van der Waals surface area (Å²) in [5, 5.41) is 0. The van der Waals surface area contributed by atoms with Crippen molar-refractivity contribution in [1.29, 1.82) is 0 Å². The van der Waals surface area contributed by atoms with Crippen molar-refractivity contribution in [2.45, 2.75) is 19.3 Å². The van der Waals surface area contributed by atoms with Gasteiger partial charge in [0.1, 0.15) is 6.29 Å². The summed E-state index contributed by atoms with van der Waals surface area (Å²) in [5.41, 5.74) is 0.416. The molecular formula is C7H10N2O. The Morgan fingerprint density at radius 2 is 2.40 bits per heavy atom. The lowest BCUT2D eigenvalue weighted by molar-refractivity contribution is -0.111. The monoisotopic (exact) mass is 138 g/mol. The van der Waals surface area contributed by atoms with Gasteiger partial charge >= 0.3 is 0 Å². The number of aldehydes is 1. The Balaban J connectivity index is 2.95. The van der Waals surface area contributed by atoms with Crippen LogP contribution in [0.5, 0.6) is 0 Å². The number of nitrogens with one attached hydrogen (secondary N) is 1. The van der Waals surface area contributed by atoms with Crippen LogP contribution in [0.1, 0.15) is 19.5 Å². The molecule has 54 valence electrons. The fraction of sp³-hybridized carbons (Fsp3) is 0.429. The highest BCUT2D eigenvalue weighted by Crippen LogP contribution is 2.16. The van der Waals surface area contributed by atoms with E-state index in [1.54, 1.807) is 12.5 Å². The number of aromatic nitrogens is 2. The molecule has 0 aliphatic carbocycles. The van der Waals surface area contributed by atoms with E-state index in [0.717, 1.165) is 12.0 Å². The van der Waals surface area contributed by atoms with E-state index in [-0.39, 0.29) is 0 Å². The van der Waals surface area contributed by atoms with Crippen LogP contribution in [-0.4, -0.2) is 16.3 Å². The summed E-state index contributed by atoms with van der Waals surface area (Å²) in [6.07, 6.45) is 4.13. The molecule has 0 aromatic carbocycles. The normalized spacial score (nSPS) is 11.4. The highest BCUT2D eigenvalue weighted by Gasteiger charge is 2.20. The second-order valence-electron chi connectivity index (χ2n) is 2.80. The average Bonchev–Trinajstić information content (AvgIpc) is 2.38. The number of nitrogens with zero attached hydrogens (tertiary/aromatic N) is 1. The van der Waals surface area contributed by atoms with Crippen molar-refractivity contribution in [2.24, 2.45) is 0 Å². The fourth-order valence-electron chi connectivity index (χ4n) is 0.672. The molecule has 0 spiro atoms. The second kappa shape index (κ2) is 2.25. The summed E-state index contributed by atoms with van der Waals surface area (Å²) in [6, 6.07) is 0. The van der Waals surface area contributed by atoms with Crippen molar-refractivity contribution < 1.29 is 4.79 Å². The molecule has 0 radical (unpaired) electrons. The van der Waals surface area contributed by atoms with Gasteiger partial charge in [0, 0.05) is 11.9 Å². The number of aromatic amines is 1. The molecule has 0 aliphatic heterocycles. The standard InChI is InChI=1S/C7H10N2O/c1-7(2,4-10)6-3-8-5-9-6/h3-5H,1-2H3,(H,8,9). The fourth-order valence-corrected chi connectivity index (χ4v) is 0.672. The van der Waals surface area contributed by atoms with Crippen LogP contribution in [-0.2, 0) is 10.2 Å². The van der Waals surface area contributed by atoms with E-state index in [0.29, 0.717) is 0 Å². The topological polar surface area (TPSA) is 45.8 Å². The molecule has 0 saturated heterocycles. The van der Waals surface area contributed by atoms with Gasteiger partial charge in [0.15, 0.2) is 0 Å². The minimum absolute atomic E-state index is 0.434. The van der Waals surface area contributed by atoms with E-state index >= 15 is 0 Å². The maximum absolute atomic E-state index is 10.5. The first-order valence-corrected chi connectivity index (χ1v) is 3.12. The highest BCUT2D eigenvalue weighted by molar-refractivity contribution is 5.65. The van der Waals surface area contributed by atoms with Crippen LogP contribution in [0.2, 0.25) is 0 Å². The molecule has 1 heterocycles. The van der Waals surface area contributed by atoms with Crippen LogP contribution >= 0.6 is 0 Å². The van der Waals surface area contributed by atoms with Gasteiger partial charge in [-0.05, 0) is 13.8 Å². The summed E-state index contributed by atoms with van der Waals surface area (Å²) in [5.74, 6) is 0.